The van der Waals surface area contributed by atoms with Crippen LogP contribution in [0.4, 0.5) is 8.78 Å². The summed E-state index contributed by atoms with van der Waals surface area (Å²) in [5.74, 6) is -2.47. The molecule has 19 heavy (non-hydrogen) atoms. The Morgan fingerprint density at radius 2 is 1.95 bits per heavy atom. The van der Waals surface area contributed by atoms with E-state index in [1.807, 2.05) is 0 Å². The zero-order chi connectivity index (χ0) is 14.0. The van der Waals surface area contributed by atoms with Gasteiger partial charge in [0.05, 0.1) is 10.6 Å². The number of thiocarbonyl (C=S) groups is 1. The van der Waals surface area contributed by atoms with Crippen LogP contribution >= 0.6 is 12.2 Å². The lowest BCUT2D eigenvalue weighted by molar-refractivity contribution is 0.0704. The molecule has 6 heteroatoms. The van der Waals surface area contributed by atoms with Gasteiger partial charge in [-0.15, -0.1) is 0 Å². The van der Waals surface area contributed by atoms with Crippen LogP contribution in [0, 0.1) is 17.6 Å². The number of carbonyl (C=O) groups excluding carboxylic acids is 1. The van der Waals surface area contributed by atoms with Gasteiger partial charge in [0.2, 0.25) is 0 Å². The second-order valence-corrected chi connectivity index (χ2v) is 5.04. The van der Waals surface area contributed by atoms with E-state index in [0.29, 0.717) is 30.9 Å². The summed E-state index contributed by atoms with van der Waals surface area (Å²) in [6, 6.07) is 3.61. The topological polar surface area (TPSA) is 46.3 Å². The van der Waals surface area contributed by atoms with Gasteiger partial charge in [-0.1, -0.05) is 18.3 Å². The van der Waals surface area contributed by atoms with E-state index in [-0.39, 0.29) is 11.5 Å². The summed E-state index contributed by atoms with van der Waals surface area (Å²) in [5.41, 5.74) is 5.33. The van der Waals surface area contributed by atoms with E-state index < -0.39 is 17.5 Å². The molecule has 2 rings (SSSR count). The van der Waals surface area contributed by atoms with Crippen molar-refractivity contribution in [2.45, 2.75) is 12.8 Å². The van der Waals surface area contributed by atoms with Crippen LogP contribution in [0.25, 0.3) is 0 Å². The van der Waals surface area contributed by atoms with Gasteiger partial charge in [-0.3, -0.25) is 4.79 Å². The Labute approximate surface area is 115 Å². The lowest BCUT2D eigenvalue weighted by Gasteiger charge is -2.31. The molecule has 1 fully saturated rings. The van der Waals surface area contributed by atoms with Crippen LogP contribution in [-0.2, 0) is 0 Å². The van der Waals surface area contributed by atoms with Crippen molar-refractivity contribution >= 4 is 23.1 Å². The number of piperidine rings is 1. The summed E-state index contributed by atoms with van der Waals surface area (Å²) in [6.07, 6.45) is 1.33. The highest BCUT2D eigenvalue weighted by molar-refractivity contribution is 7.80. The molecular formula is C13H14F2N2OS. The molecule has 2 N–H and O–H groups in total. The van der Waals surface area contributed by atoms with Gasteiger partial charge in [-0.05, 0) is 25.0 Å². The summed E-state index contributed by atoms with van der Waals surface area (Å²) >= 11 is 4.92. The Morgan fingerprint density at radius 3 is 2.53 bits per heavy atom. The predicted molar refractivity (Wildman–Crippen MR) is 71.8 cm³/mol. The summed E-state index contributed by atoms with van der Waals surface area (Å²) in [7, 11) is 0. The first kappa shape index (κ1) is 13.9. The molecule has 1 aliphatic heterocycles. The molecular weight excluding hydrogens is 270 g/mol. The number of hydrogen-bond acceptors (Lipinski definition) is 2. The normalized spacial score (nSPS) is 16.4. The van der Waals surface area contributed by atoms with Crippen LogP contribution in [0.15, 0.2) is 18.2 Å². The van der Waals surface area contributed by atoms with Crippen molar-refractivity contribution in [3.05, 3.63) is 35.4 Å². The molecule has 1 aliphatic rings. The predicted octanol–water partition coefficient (Wildman–Crippen LogP) is 2.10. The third kappa shape index (κ3) is 2.89. The van der Waals surface area contributed by atoms with Gasteiger partial charge in [-0.2, -0.15) is 0 Å². The van der Waals surface area contributed by atoms with Gasteiger partial charge in [0, 0.05) is 19.0 Å². The molecule has 0 saturated carbocycles. The van der Waals surface area contributed by atoms with Crippen molar-refractivity contribution in [2.24, 2.45) is 11.7 Å². The SMILES string of the molecule is NC(=S)C1CCN(C(=O)c2cccc(F)c2F)CC1. The number of amides is 1. The molecule has 1 saturated heterocycles. The lowest BCUT2D eigenvalue weighted by atomic mass is 9.96. The maximum Gasteiger partial charge on any atom is 0.256 e. The van der Waals surface area contributed by atoms with Gasteiger partial charge in [0.1, 0.15) is 0 Å². The largest absolute Gasteiger partial charge is 0.393 e. The molecule has 1 amide bonds. The molecule has 102 valence electrons. The van der Waals surface area contributed by atoms with Crippen LogP contribution in [0.1, 0.15) is 23.2 Å². The second kappa shape index (κ2) is 5.61. The van der Waals surface area contributed by atoms with Crippen LogP contribution in [0.5, 0.6) is 0 Å². The molecule has 1 aromatic carbocycles. The number of nitrogens with two attached hydrogens (primary N) is 1. The third-order valence-corrected chi connectivity index (χ3v) is 3.70. The fraction of sp³-hybridized carbons (Fsp3) is 0.385. The highest BCUT2D eigenvalue weighted by Crippen LogP contribution is 2.21. The molecule has 0 bridgehead atoms. The molecule has 3 nitrogen and oxygen atoms in total. The van der Waals surface area contributed by atoms with Gasteiger partial charge in [0.15, 0.2) is 11.6 Å². The first-order valence-corrected chi connectivity index (χ1v) is 6.44. The summed E-state index contributed by atoms with van der Waals surface area (Å²) in [5, 5.41) is 0. The van der Waals surface area contributed by atoms with Gasteiger partial charge < -0.3 is 10.6 Å². The van der Waals surface area contributed by atoms with Crippen LogP contribution in [0.2, 0.25) is 0 Å². The standard InChI is InChI=1S/C13H14F2N2OS/c14-10-3-1-2-9(11(10)15)13(18)17-6-4-8(5-7-17)12(16)19/h1-3,8H,4-7H2,(H2,16,19). The fourth-order valence-electron chi connectivity index (χ4n) is 2.21. The first-order valence-electron chi connectivity index (χ1n) is 6.03. The molecule has 0 unspecified atom stereocenters. The average Bonchev–Trinajstić information content (AvgIpc) is 2.41. The van der Waals surface area contributed by atoms with Crippen molar-refractivity contribution in [3.8, 4) is 0 Å². The van der Waals surface area contributed by atoms with E-state index in [1.165, 1.54) is 17.0 Å². The minimum absolute atomic E-state index is 0.122. The molecule has 0 aliphatic carbocycles. The minimum atomic E-state index is -1.09. The van der Waals surface area contributed by atoms with E-state index in [1.54, 1.807) is 0 Å². The van der Waals surface area contributed by atoms with Gasteiger partial charge in [0.25, 0.3) is 5.91 Å². The molecule has 1 aromatic rings. The average molecular weight is 284 g/mol. The van der Waals surface area contributed by atoms with Crippen molar-refractivity contribution in [1.82, 2.24) is 4.90 Å². The van der Waals surface area contributed by atoms with Crippen molar-refractivity contribution < 1.29 is 13.6 Å². The van der Waals surface area contributed by atoms with Crippen LogP contribution in [-0.4, -0.2) is 28.9 Å². The van der Waals surface area contributed by atoms with Crippen molar-refractivity contribution in [3.63, 3.8) is 0 Å². The number of carbonyl (C=O) groups is 1. The van der Waals surface area contributed by atoms with Crippen LogP contribution < -0.4 is 5.73 Å². The van der Waals surface area contributed by atoms with E-state index in [2.05, 4.69) is 0 Å². The molecule has 0 aromatic heterocycles. The van der Waals surface area contributed by atoms with Crippen LogP contribution in [0.3, 0.4) is 0 Å². The van der Waals surface area contributed by atoms with E-state index >= 15 is 0 Å². The van der Waals surface area contributed by atoms with E-state index in [0.717, 1.165) is 6.07 Å². The number of likely N-dealkylation sites (tertiary alicyclic amines) is 1. The number of benzene rings is 1. The van der Waals surface area contributed by atoms with Crippen molar-refractivity contribution in [1.29, 1.82) is 0 Å². The monoisotopic (exact) mass is 284 g/mol. The molecule has 0 atom stereocenters. The van der Waals surface area contributed by atoms with E-state index in [9.17, 15) is 13.6 Å². The smallest absolute Gasteiger partial charge is 0.256 e. The molecule has 1 heterocycles. The number of hydrogen-bond donors (Lipinski definition) is 1. The molecule has 0 spiro atoms. The van der Waals surface area contributed by atoms with Crippen molar-refractivity contribution in [2.75, 3.05) is 13.1 Å². The Kier molecular flexibility index (Phi) is 4.09. The summed E-state index contributed by atoms with van der Waals surface area (Å²) < 4.78 is 26.6. The van der Waals surface area contributed by atoms with Gasteiger partial charge in [-0.25, -0.2) is 8.78 Å². The summed E-state index contributed by atoms with van der Waals surface area (Å²) in [4.78, 5) is 14.1. The quantitative estimate of drug-likeness (QED) is 0.846. The first-order chi connectivity index (χ1) is 9.00. The molecule has 0 radical (unpaired) electrons. The third-order valence-electron chi connectivity index (χ3n) is 3.37. The second-order valence-electron chi connectivity index (χ2n) is 4.57. The highest BCUT2D eigenvalue weighted by atomic mass is 32.1. The number of nitrogens with zero attached hydrogens (tertiary/aromatic N) is 1. The minimum Gasteiger partial charge on any atom is -0.393 e. The Bertz CT molecular complexity index is 513. The van der Waals surface area contributed by atoms with E-state index in [4.69, 9.17) is 18.0 Å². The lowest BCUT2D eigenvalue weighted by Crippen LogP contribution is -2.41. The summed E-state index contributed by atoms with van der Waals surface area (Å²) in [6.45, 7) is 0.910. The zero-order valence-electron chi connectivity index (χ0n) is 10.2. The fourth-order valence-corrected chi connectivity index (χ4v) is 2.44. The number of rotatable bonds is 2. The highest BCUT2D eigenvalue weighted by Gasteiger charge is 2.26. The maximum absolute atomic E-state index is 13.5. The zero-order valence-corrected chi connectivity index (χ0v) is 11.1. The van der Waals surface area contributed by atoms with Gasteiger partial charge >= 0.3 is 0 Å². The number of halogens is 2. The maximum atomic E-state index is 13.5. The Hall–Kier alpha value is -1.56. The Balaban J connectivity index is 2.09. The Morgan fingerprint density at radius 1 is 1.32 bits per heavy atom.